The first kappa shape index (κ1) is 29.9. The maximum absolute atomic E-state index is 15.4. The average Bonchev–Trinajstić information content (AvgIpc) is 3.28. The first-order chi connectivity index (χ1) is 20.9. The average molecular weight is 620 g/mol. The van der Waals surface area contributed by atoms with E-state index in [-0.39, 0.29) is 42.2 Å². The number of rotatable bonds is 8. The van der Waals surface area contributed by atoms with Crippen LogP contribution in [-0.2, 0) is 37.0 Å². The summed E-state index contributed by atoms with van der Waals surface area (Å²) in [5, 5.41) is 9.45. The zero-order valence-electron chi connectivity index (χ0n) is 23.4. The van der Waals surface area contributed by atoms with Crippen LogP contribution in [-0.4, -0.2) is 44.8 Å². The molecule has 2 aliphatic rings. The second-order valence-electron chi connectivity index (χ2n) is 11.0. The summed E-state index contributed by atoms with van der Waals surface area (Å²) in [4.78, 5) is 18.2. The molecule has 6 rings (SSSR count). The van der Waals surface area contributed by atoms with Crippen LogP contribution < -0.4 is 4.74 Å². The number of benzene rings is 3. The third-order valence-corrected chi connectivity index (χ3v) is 8.29. The van der Waals surface area contributed by atoms with Crippen molar-refractivity contribution in [2.24, 2.45) is 0 Å². The van der Waals surface area contributed by atoms with Crippen molar-refractivity contribution in [2.45, 2.75) is 57.8 Å². The number of hydrogen-bond acceptors (Lipinski definition) is 5. The van der Waals surface area contributed by atoms with Gasteiger partial charge in [-0.15, -0.1) is 0 Å². The van der Waals surface area contributed by atoms with E-state index in [2.05, 4.69) is 4.98 Å². The van der Waals surface area contributed by atoms with Crippen LogP contribution in [0.5, 0.6) is 5.75 Å². The van der Waals surface area contributed by atoms with Crippen LogP contribution in [0.2, 0.25) is 0 Å². The minimum atomic E-state index is -4.74. The highest BCUT2D eigenvalue weighted by atomic mass is 19.4. The predicted molar refractivity (Wildman–Crippen MR) is 146 cm³/mol. The number of fused-ring (bicyclic) bond motifs is 2. The van der Waals surface area contributed by atoms with Gasteiger partial charge in [-0.3, -0.25) is 4.90 Å². The van der Waals surface area contributed by atoms with E-state index in [4.69, 9.17) is 9.47 Å². The summed E-state index contributed by atoms with van der Waals surface area (Å²) in [6.45, 7) is 2.68. The molecule has 0 saturated carbocycles. The third kappa shape index (κ3) is 5.61. The second-order valence-corrected chi connectivity index (χ2v) is 11.0. The molecule has 1 aromatic heterocycles. The van der Waals surface area contributed by atoms with Gasteiger partial charge in [0.2, 0.25) is 0 Å². The summed E-state index contributed by atoms with van der Waals surface area (Å²) in [6.07, 6.45) is -3.90. The van der Waals surface area contributed by atoms with Crippen LogP contribution in [0.1, 0.15) is 57.8 Å². The second kappa shape index (κ2) is 11.4. The van der Waals surface area contributed by atoms with E-state index in [9.17, 15) is 31.9 Å². The van der Waals surface area contributed by atoms with E-state index in [1.807, 2.05) is 11.8 Å². The summed E-state index contributed by atoms with van der Waals surface area (Å²) in [5.74, 6) is -4.07. The lowest BCUT2D eigenvalue weighted by molar-refractivity contribution is -0.139. The van der Waals surface area contributed by atoms with Gasteiger partial charge >= 0.3 is 12.1 Å². The zero-order chi connectivity index (χ0) is 31.3. The van der Waals surface area contributed by atoms with Crippen LogP contribution in [0.25, 0.3) is 11.0 Å². The minimum Gasteiger partial charge on any atom is -0.488 e. The first-order valence-corrected chi connectivity index (χ1v) is 14.0. The zero-order valence-corrected chi connectivity index (χ0v) is 23.4. The number of halogens is 6. The van der Waals surface area contributed by atoms with Gasteiger partial charge < -0.3 is 19.1 Å². The molecule has 13 heteroatoms. The van der Waals surface area contributed by atoms with Crippen LogP contribution in [0, 0.1) is 17.5 Å². The Morgan fingerprint density at radius 1 is 1.14 bits per heavy atom. The fraction of sp³-hybridized carbons (Fsp3) is 0.355. The van der Waals surface area contributed by atoms with Crippen molar-refractivity contribution < 1.29 is 45.7 Å². The fourth-order valence-electron chi connectivity index (χ4n) is 5.78. The Morgan fingerprint density at radius 3 is 2.57 bits per heavy atom. The van der Waals surface area contributed by atoms with E-state index in [0.717, 1.165) is 30.7 Å². The lowest BCUT2D eigenvalue weighted by Gasteiger charge is -2.36. The van der Waals surface area contributed by atoms with Crippen molar-refractivity contribution in [1.82, 2.24) is 14.5 Å². The molecule has 2 atom stereocenters. The van der Waals surface area contributed by atoms with Gasteiger partial charge in [0.25, 0.3) is 0 Å². The Bertz CT molecular complexity index is 1750. The number of aromatic carboxylic acids is 1. The molecule has 0 radical (unpaired) electrons. The normalized spacial score (nSPS) is 18.7. The van der Waals surface area contributed by atoms with E-state index >= 15 is 4.39 Å². The molecule has 4 aromatic rings. The highest BCUT2D eigenvalue weighted by Gasteiger charge is 2.37. The number of carbonyl (C=O) groups is 1. The van der Waals surface area contributed by atoms with E-state index in [0.29, 0.717) is 36.2 Å². The monoisotopic (exact) mass is 619 g/mol. The van der Waals surface area contributed by atoms with Crippen molar-refractivity contribution in [1.29, 1.82) is 0 Å². The quantitative estimate of drug-likeness (QED) is 0.223. The molecule has 0 amide bonds. The summed E-state index contributed by atoms with van der Waals surface area (Å²) >= 11 is 0. The number of alkyl halides is 3. The van der Waals surface area contributed by atoms with Gasteiger partial charge in [0, 0.05) is 30.8 Å². The summed E-state index contributed by atoms with van der Waals surface area (Å²) in [7, 11) is 0. The highest BCUT2D eigenvalue weighted by Crippen LogP contribution is 2.42. The van der Waals surface area contributed by atoms with Crippen molar-refractivity contribution in [3.63, 3.8) is 0 Å². The Balaban J connectivity index is 1.32. The van der Waals surface area contributed by atoms with Crippen LogP contribution in [0.3, 0.4) is 0 Å². The molecule has 44 heavy (non-hydrogen) atoms. The van der Waals surface area contributed by atoms with Gasteiger partial charge in [0.1, 0.15) is 35.3 Å². The molecule has 0 unspecified atom stereocenters. The Kier molecular flexibility index (Phi) is 7.78. The summed E-state index contributed by atoms with van der Waals surface area (Å²) < 4.78 is 97.6. The molecule has 1 saturated heterocycles. The van der Waals surface area contributed by atoms with E-state index in [1.165, 1.54) is 12.1 Å². The molecule has 1 N–H and O–H groups in total. The number of carboxylic acids is 1. The largest absolute Gasteiger partial charge is 0.488 e. The molecule has 0 bridgehead atoms. The highest BCUT2D eigenvalue weighted by molar-refractivity contribution is 5.93. The topological polar surface area (TPSA) is 76.8 Å². The molecule has 232 valence electrons. The number of nitrogens with zero attached hydrogens (tertiary/aromatic N) is 3. The van der Waals surface area contributed by atoms with Gasteiger partial charge in [-0.05, 0) is 67.3 Å². The maximum Gasteiger partial charge on any atom is 0.419 e. The third-order valence-electron chi connectivity index (χ3n) is 8.29. The van der Waals surface area contributed by atoms with E-state index < -0.39 is 59.1 Å². The maximum atomic E-state index is 15.4. The van der Waals surface area contributed by atoms with Crippen LogP contribution in [0.4, 0.5) is 26.3 Å². The molecule has 0 spiro atoms. The number of ether oxygens (including phenoxy) is 2. The number of imidazole rings is 1. The predicted octanol–water partition coefficient (Wildman–Crippen LogP) is 6.66. The van der Waals surface area contributed by atoms with Crippen molar-refractivity contribution in [2.75, 3.05) is 13.2 Å². The van der Waals surface area contributed by atoms with Gasteiger partial charge in [-0.2, -0.15) is 13.2 Å². The summed E-state index contributed by atoms with van der Waals surface area (Å²) in [5.41, 5.74) is -0.179. The molecule has 7 nitrogen and oxygen atoms in total. The van der Waals surface area contributed by atoms with Crippen molar-refractivity contribution in [3.8, 4) is 5.75 Å². The van der Waals surface area contributed by atoms with Crippen LogP contribution in [0.15, 0.2) is 42.5 Å². The van der Waals surface area contributed by atoms with Gasteiger partial charge in [0.15, 0.2) is 5.82 Å². The standard InChI is InChI=1S/C31H27F6N3O4/c1-16-22-12-26(44-15-18-2-3-19(32)11-24(18)33)23(31(35,36)37)10-17(22)6-8-39(16)14-27-38-25-5-4-21(30(41)42)28(34)29(25)40(27)13-20-7-9-43-20/h2-5,10-12,16,20H,6-9,13-15H2,1H3,(H,41,42)/t16-,20-/m0/s1. The summed E-state index contributed by atoms with van der Waals surface area (Å²) in [6, 6.07) is 7.30. The molecule has 2 aliphatic heterocycles. The SMILES string of the molecule is C[C@H]1c2cc(OCc3ccc(F)cc3F)c(C(F)(F)F)cc2CCN1Cc1nc2ccc(C(=O)O)c(F)c2n1C[C@@H]1CCO1. The van der Waals surface area contributed by atoms with Gasteiger partial charge in [-0.1, -0.05) is 0 Å². The van der Waals surface area contributed by atoms with E-state index in [1.54, 1.807) is 4.57 Å². The Hall–Kier alpha value is -4.10. The number of aromatic nitrogens is 2. The van der Waals surface area contributed by atoms with Gasteiger partial charge in [-0.25, -0.2) is 22.9 Å². The molecule has 0 aliphatic carbocycles. The number of carboxylic acid groups (broad SMARTS) is 1. The Morgan fingerprint density at radius 2 is 1.91 bits per heavy atom. The fourth-order valence-corrected chi connectivity index (χ4v) is 5.78. The molecule has 3 heterocycles. The van der Waals surface area contributed by atoms with Crippen molar-refractivity contribution >= 4 is 17.0 Å². The minimum absolute atomic E-state index is 0.0546. The van der Waals surface area contributed by atoms with Crippen molar-refractivity contribution in [3.05, 3.63) is 93.6 Å². The molecule has 3 aromatic carbocycles. The lowest BCUT2D eigenvalue weighted by Crippen LogP contribution is -2.36. The lowest BCUT2D eigenvalue weighted by atomic mass is 9.91. The Labute approximate surface area is 247 Å². The molecular weight excluding hydrogens is 592 g/mol. The van der Waals surface area contributed by atoms with Gasteiger partial charge in [0.05, 0.1) is 35.8 Å². The number of hydrogen-bond donors (Lipinski definition) is 1. The first-order valence-electron chi connectivity index (χ1n) is 14.0. The van der Waals surface area contributed by atoms with Crippen LogP contribution >= 0.6 is 0 Å². The molecule has 1 fully saturated rings. The smallest absolute Gasteiger partial charge is 0.419 e. The molecular formula is C31H27F6N3O4.